The van der Waals surface area contributed by atoms with E-state index in [1.54, 1.807) is 24.3 Å². The number of methoxy groups -OCH3 is 2. The molecule has 4 rings (SSSR count). The van der Waals surface area contributed by atoms with Crippen LogP contribution in [0.3, 0.4) is 0 Å². The fraction of sp³-hybridized carbons (Fsp3) is 0.360. The molecule has 0 radical (unpaired) electrons. The molecule has 11 heteroatoms. The lowest BCUT2D eigenvalue weighted by molar-refractivity contribution is -0.140. The molecule has 1 N–H and O–H groups in total. The van der Waals surface area contributed by atoms with Gasteiger partial charge in [-0.05, 0) is 42.0 Å². The third kappa shape index (κ3) is 4.87. The number of morpholine rings is 1. The van der Waals surface area contributed by atoms with E-state index in [0.717, 1.165) is 0 Å². The molecule has 0 bridgehead atoms. The first kappa shape index (κ1) is 25.8. The maximum Gasteiger partial charge on any atom is 0.295 e. The minimum absolute atomic E-state index is 0.0631. The molecule has 0 spiro atoms. The van der Waals surface area contributed by atoms with Crippen LogP contribution in [0.5, 0.6) is 5.75 Å². The van der Waals surface area contributed by atoms with E-state index in [0.29, 0.717) is 24.5 Å². The highest BCUT2D eigenvalue weighted by Gasteiger charge is 2.45. The first-order valence-corrected chi connectivity index (χ1v) is 12.8. The molecule has 2 saturated heterocycles. The number of aliphatic hydroxyl groups excluding tert-OH is 1. The van der Waals surface area contributed by atoms with Crippen molar-refractivity contribution in [2.24, 2.45) is 0 Å². The van der Waals surface area contributed by atoms with E-state index < -0.39 is 27.8 Å². The molecule has 10 nitrogen and oxygen atoms in total. The van der Waals surface area contributed by atoms with Gasteiger partial charge in [0.15, 0.2) is 0 Å². The number of Topliss-reactive ketones (excluding diaryl/α,β-unsaturated/α-hetero) is 1. The molecular weight excluding hydrogens is 488 g/mol. The van der Waals surface area contributed by atoms with Gasteiger partial charge in [0.1, 0.15) is 11.5 Å². The summed E-state index contributed by atoms with van der Waals surface area (Å²) < 4.78 is 42.7. The van der Waals surface area contributed by atoms with E-state index in [1.807, 2.05) is 0 Å². The summed E-state index contributed by atoms with van der Waals surface area (Å²) in [4.78, 5) is 27.3. The molecule has 36 heavy (non-hydrogen) atoms. The number of nitrogens with zero attached hydrogens (tertiary/aromatic N) is 2. The van der Waals surface area contributed by atoms with Crippen molar-refractivity contribution in [3.05, 3.63) is 65.2 Å². The first-order valence-electron chi connectivity index (χ1n) is 11.4. The Bertz CT molecular complexity index is 1250. The number of carbonyl (C=O) groups excluding carboxylic acids is 2. The number of ether oxygens (including phenoxy) is 3. The first-order chi connectivity index (χ1) is 17.3. The number of sulfonamides is 1. The molecule has 2 heterocycles. The zero-order valence-electron chi connectivity index (χ0n) is 20.0. The maximum atomic E-state index is 13.0. The summed E-state index contributed by atoms with van der Waals surface area (Å²) in [7, 11) is -0.700. The molecule has 2 aliphatic heterocycles. The van der Waals surface area contributed by atoms with Crippen LogP contribution in [0.2, 0.25) is 0 Å². The lowest BCUT2D eigenvalue weighted by Gasteiger charge is -2.26. The second-order valence-electron chi connectivity index (χ2n) is 8.30. The highest BCUT2D eigenvalue weighted by atomic mass is 32.2. The van der Waals surface area contributed by atoms with Crippen molar-refractivity contribution >= 4 is 27.5 Å². The Kier molecular flexibility index (Phi) is 7.74. The Hall–Kier alpha value is -3.25. The molecule has 2 aliphatic rings. The summed E-state index contributed by atoms with van der Waals surface area (Å²) in [5.41, 5.74) is 0.753. The van der Waals surface area contributed by atoms with Crippen LogP contribution in [0.4, 0.5) is 0 Å². The van der Waals surface area contributed by atoms with Gasteiger partial charge in [-0.15, -0.1) is 0 Å². The maximum absolute atomic E-state index is 13.0. The average molecular weight is 517 g/mol. The molecular formula is C25H28N2O8S. The van der Waals surface area contributed by atoms with Crippen LogP contribution >= 0.6 is 0 Å². The van der Waals surface area contributed by atoms with Gasteiger partial charge >= 0.3 is 0 Å². The van der Waals surface area contributed by atoms with Crippen LogP contribution in [0.15, 0.2) is 59.0 Å². The number of aliphatic hydroxyl groups is 1. The summed E-state index contributed by atoms with van der Waals surface area (Å²) in [5, 5.41) is 11.2. The highest BCUT2D eigenvalue weighted by molar-refractivity contribution is 7.89. The largest absolute Gasteiger partial charge is 0.507 e. The predicted molar refractivity (Wildman–Crippen MR) is 130 cm³/mol. The van der Waals surface area contributed by atoms with Crippen molar-refractivity contribution in [3.8, 4) is 5.75 Å². The fourth-order valence-electron chi connectivity index (χ4n) is 4.31. The van der Waals surface area contributed by atoms with Crippen LogP contribution < -0.4 is 4.74 Å². The van der Waals surface area contributed by atoms with E-state index in [9.17, 15) is 23.1 Å². The SMILES string of the molecule is COCCN1C(=O)C(=O)/C(=C(/O)c2ccc(S(=O)(=O)N3CCOCC3)cc2)C1c1ccc(OC)cc1. The zero-order valence-corrected chi connectivity index (χ0v) is 20.9. The van der Waals surface area contributed by atoms with Gasteiger partial charge < -0.3 is 24.2 Å². The van der Waals surface area contributed by atoms with Crippen molar-refractivity contribution in [3.63, 3.8) is 0 Å². The zero-order chi connectivity index (χ0) is 25.9. The second-order valence-corrected chi connectivity index (χ2v) is 10.2. The highest BCUT2D eigenvalue weighted by Crippen LogP contribution is 2.39. The standard InChI is InChI=1S/C25H28N2O8S/c1-33-14-13-27-22(17-3-7-19(34-2)8-4-17)21(24(29)25(27)30)23(28)18-5-9-20(10-6-18)36(31,32)26-11-15-35-16-12-26/h3-10,22,28H,11-16H2,1-2H3/b23-21+. The van der Waals surface area contributed by atoms with E-state index in [4.69, 9.17) is 14.2 Å². The van der Waals surface area contributed by atoms with Gasteiger partial charge in [0.25, 0.3) is 11.7 Å². The summed E-state index contributed by atoms with van der Waals surface area (Å²) in [6.07, 6.45) is 0. The van der Waals surface area contributed by atoms with Crippen LogP contribution in [0.1, 0.15) is 17.2 Å². The molecule has 0 aromatic heterocycles. The quantitative estimate of drug-likeness (QED) is 0.320. The van der Waals surface area contributed by atoms with Gasteiger partial charge in [-0.2, -0.15) is 4.31 Å². The number of hydrogen-bond donors (Lipinski definition) is 1. The molecule has 1 unspecified atom stereocenters. The number of benzene rings is 2. The number of hydrogen-bond acceptors (Lipinski definition) is 8. The Morgan fingerprint density at radius 2 is 1.67 bits per heavy atom. The number of likely N-dealkylation sites (tertiary alicyclic amines) is 1. The third-order valence-electron chi connectivity index (χ3n) is 6.24. The molecule has 2 aromatic rings. The van der Waals surface area contributed by atoms with Crippen molar-refractivity contribution in [2.75, 3.05) is 53.7 Å². The Morgan fingerprint density at radius 3 is 2.25 bits per heavy atom. The molecule has 2 aromatic carbocycles. The van der Waals surface area contributed by atoms with Gasteiger partial charge in [-0.25, -0.2) is 8.42 Å². The molecule has 1 amide bonds. The summed E-state index contributed by atoms with van der Waals surface area (Å²) in [5.74, 6) is -1.36. The van der Waals surface area contributed by atoms with Crippen LogP contribution in [0.25, 0.3) is 5.76 Å². The van der Waals surface area contributed by atoms with Crippen molar-refractivity contribution in [1.82, 2.24) is 9.21 Å². The number of amides is 1. The van der Waals surface area contributed by atoms with E-state index in [2.05, 4.69) is 0 Å². The van der Waals surface area contributed by atoms with E-state index >= 15 is 0 Å². The van der Waals surface area contributed by atoms with Crippen molar-refractivity contribution < 1.29 is 37.3 Å². The van der Waals surface area contributed by atoms with E-state index in [-0.39, 0.29) is 48.0 Å². The van der Waals surface area contributed by atoms with E-state index in [1.165, 1.54) is 47.7 Å². The number of rotatable bonds is 8. The molecule has 1 atom stereocenters. The van der Waals surface area contributed by atoms with Crippen LogP contribution in [-0.2, 0) is 29.1 Å². The fourth-order valence-corrected chi connectivity index (χ4v) is 5.72. The summed E-state index contributed by atoms with van der Waals surface area (Å²) >= 11 is 0. The van der Waals surface area contributed by atoms with Gasteiger partial charge in [-0.1, -0.05) is 12.1 Å². The van der Waals surface area contributed by atoms with Crippen LogP contribution in [-0.4, -0.2) is 88.1 Å². The van der Waals surface area contributed by atoms with Gasteiger partial charge in [0.05, 0.1) is 43.4 Å². The number of carbonyl (C=O) groups is 2. The average Bonchev–Trinajstić information content (AvgIpc) is 3.17. The second kappa shape index (κ2) is 10.8. The molecule has 192 valence electrons. The topological polar surface area (TPSA) is 123 Å². The Balaban J connectivity index is 1.73. The van der Waals surface area contributed by atoms with Gasteiger partial charge in [-0.3, -0.25) is 9.59 Å². The van der Waals surface area contributed by atoms with Crippen molar-refractivity contribution in [2.45, 2.75) is 10.9 Å². The molecule has 0 aliphatic carbocycles. The Morgan fingerprint density at radius 1 is 1.03 bits per heavy atom. The number of ketones is 1. The smallest absolute Gasteiger partial charge is 0.295 e. The normalized spacial score (nSPS) is 20.6. The monoisotopic (exact) mass is 516 g/mol. The summed E-state index contributed by atoms with van der Waals surface area (Å²) in [6, 6.07) is 11.6. The Labute approximate surface area is 209 Å². The predicted octanol–water partition coefficient (Wildman–Crippen LogP) is 1.78. The lowest BCUT2D eigenvalue weighted by atomic mass is 9.95. The minimum Gasteiger partial charge on any atom is -0.507 e. The van der Waals surface area contributed by atoms with Gasteiger partial charge in [0, 0.05) is 32.3 Å². The molecule has 0 saturated carbocycles. The lowest BCUT2D eigenvalue weighted by Crippen LogP contribution is -2.40. The van der Waals surface area contributed by atoms with Crippen molar-refractivity contribution in [1.29, 1.82) is 0 Å². The van der Waals surface area contributed by atoms with Gasteiger partial charge in [0.2, 0.25) is 10.0 Å². The van der Waals surface area contributed by atoms with Crippen LogP contribution in [0, 0.1) is 0 Å². The third-order valence-corrected chi connectivity index (χ3v) is 8.16. The summed E-state index contributed by atoms with van der Waals surface area (Å²) in [6.45, 7) is 1.52. The molecule has 2 fully saturated rings. The minimum atomic E-state index is -3.72.